The predicted molar refractivity (Wildman–Crippen MR) is 145 cm³/mol. The van der Waals surface area contributed by atoms with Crippen LogP contribution in [-0.4, -0.2) is 46.7 Å². The number of hydrogen-bond donors (Lipinski definition) is 4. The van der Waals surface area contributed by atoms with Crippen LogP contribution in [0.5, 0.6) is 0 Å². The van der Waals surface area contributed by atoms with Gasteiger partial charge in [0.1, 0.15) is 17.0 Å². The molecule has 0 saturated carbocycles. The van der Waals surface area contributed by atoms with E-state index in [1.165, 1.54) is 12.1 Å². The molecule has 2 aromatic rings. The number of anilines is 1. The predicted octanol–water partition coefficient (Wildman–Crippen LogP) is 5.02. The first-order valence-corrected chi connectivity index (χ1v) is 13.0. The zero-order valence-electron chi connectivity index (χ0n) is 21.9. The third-order valence-electron chi connectivity index (χ3n) is 7.52. The molecular weight excluding hydrogens is 556 g/mol. The van der Waals surface area contributed by atoms with E-state index in [1.54, 1.807) is 0 Å². The van der Waals surface area contributed by atoms with Crippen molar-refractivity contribution in [1.29, 1.82) is 0 Å². The quantitative estimate of drug-likeness (QED) is 0.347. The number of Topliss-reactive ketones (excluding diaryl/α,β-unsaturated/α-hetero) is 1. The molecule has 11 heteroatoms. The Morgan fingerprint density at radius 1 is 1.13 bits per heavy atom. The largest absolute Gasteiger partial charge is 0.394 e. The lowest BCUT2D eigenvalue weighted by molar-refractivity contribution is -0.122. The van der Waals surface area contributed by atoms with Crippen LogP contribution in [0.4, 0.5) is 18.9 Å². The molecule has 2 aromatic carbocycles. The van der Waals surface area contributed by atoms with Crippen molar-refractivity contribution in [2.75, 3.05) is 11.9 Å². The minimum atomic E-state index is -1.52. The molecule has 0 unspecified atom stereocenters. The monoisotopic (exact) mass is 588 g/mol. The summed E-state index contributed by atoms with van der Waals surface area (Å²) in [5.41, 5.74) is -1.11. The average Bonchev–Trinajstić information content (AvgIpc) is 3.30. The van der Waals surface area contributed by atoms with E-state index in [4.69, 9.17) is 16.7 Å². The molecule has 6 nitrogen and oxygen atoms in total. The molecule has 2 aliphatic heterocycles. The molecule has 0 bridgehead atoms. The van der Waals surface area contributed by atoms with Crippen molar-refractivity contribution in [2.24, 2.45) is 5.41 Å². The minimum absolute atomic E-state index is 0. The number of ketones is 1. The van der Waals surface area contributed by atoms with Crippen molar-refractivity contribution in [3.05, 3.63) is 63.9 Å². The van der Waals surface area contributed by atoms with E-state index in [9.17, 15) is 27.9 Å². The highest BCUT2D eigenvalue weighted by atomic mass is 35.5. The van der Waals surface area contributed by atoms with E-state index in [-0.39, 0.29) is 59.1 Å². The van der Waals surface area contributed by atoms with Crippen LogP contribution in [0.2, 0.25) is 5.02 Å². The van der Waals surface area contributed by atoms with Gasteiger partial charge in [-0.2, -0.15) is 0 Å². The second kappa shape index (κ2) is 11.7. The molecule has 2 heterocycles. The molecule has 1 amide bonds. The molecule has 5 atom stereocenters. The number of aliphatic hydroxyl groups is 2. The summed E-state index contributed by atoms with van der Waals surface area (Å²) < 4.78 is 43.0. The standard InChI is InChI=1S/C28H32ClF3N2O4.ClH/c1-27(2,3)12-23-28(16-10-19(31)20(32)11-21(16)33-26(28)38)24(14-7-8-18(30)17(29)9-14)25(34-23)22(37)6-4-5-15(36)13-35;/h7-11,15,23-25,34-36H,4-6,12-13H2,1-3H3,(H,33,38);1H/t15-,23+,24-,25-,28-;/m0./s1. The van der Waals surface area contributed by atoms with Gasteiger partial charge in [-0.1, -0.05) is 38.4 Å². The molecule has 1 spiro atoms. The molecule has 214 valence electrons. The van der Waals surface area contributed by atoms with Gasteiger partial charge >= 0.3 is 0 Å². The van der Waals surface area contributed by atoms with Gasteiger partial charge in [-0.25, -0.2) is 13.2 Å². The van der Waals surface area contributed by atoms with Crippen LogP contribution in [0.3, 0.4) is 0 Å². The molecule has 39 heavy (non-hydrogen) atoms. The van der Waals surface area contributed by atoms with Gasteiger partial charge in [-0.05, 0) is 54.0 Å². The first kappa shape index (κ1) is 31.4. The second-order valence-corrected chi connectivity index (χ2v) is 11.9. The van der Waals surface area contributed by atoms with Crippen molar-refractivity contribution in [1.82, 2.24) is 5.32 Å². The van der Waals surface area contributed by atoms with Crippen LogP contribution in [0, 0.1) is 22.9 Å². The van der Waals surface area contributed by atoms with Crippen LogP contribution >= 0.6 is 24.0 Å². The SMILES string of the molecule is CC(C)(C)C[C@H]1N[C@@H](C(=O)CCC[C@H](O)CO)[C@H](c2ccc(F)c(Cl)c2)[C@@]12C(=O)Nc1cc(F)c(F)cc12.Cl. The molecule has 1 saturated heterocycles. The van der Waals surface area contributed by atoms with E-state index in [1.807, 2.05) is 20.8 Å². The Hall–Kier alpha value is -2.17. The number of hydrogen-bond acceptors (Lipinski definition) is 5. The summed E-state index contributed by atoms with van der Waals surface area (Å²) in [6, 6.07) is 4.30. The van der Waals surface area contributed by atoms with E-state index in [2.05, 4.69) is 10.6 Å². The number of fused-ring (bicyclic) bond motifs is 2. The molecule has 1 fully saturated rings. The summed E-state index contributed by atoms with van der Waals surface area (Å²) in [5.74, 6) is -4.62. The van der Waals surface area contributed by atoms with Gasteiger partial charge in [0, 0.05) is 30.1 Å². The first-order valence-electron chi connectivity index (χ1n) is 12.6. The Morgan fingerprint density at radius 3 is 2.41 bits per heavy atom. The Kier molecular flexibility index (Phi) is 9.45. The number of carbonyl (C=O) groups is 2. The molecule has 0 aromatic heterocycles. The fourth-order valence-corrected chi connectivity index (χ4v) is 6.14. The van der Waals surface area contributed by atoms with Crippen LogP contribution in [0.15, 0.2) is 30.3 Å². The molecule has 4 N–H and O–H groups in total. The van der Waals surface area contributed by atoms with Crippen molar-refractivity contribution >= 4 is 41.4 Å². The maximum atomic E-state index is 14.7. The number of carbonyl (C=O) groups excluding carboxylic acids is 2. The number of halogens is 5. The number of aliphatic hydroxyl groups excluding tert-OH is 2. The Balaban J connectivity index is 0.00000420. The summed E-state index contributed by atoms with van der Waals surface area (Å²) in [4.78, 5) is 27.6. The Morgan fingerprint density at radius 2 is 1.79 bits per heavy atom. The normalized spacial score (nSPS) is 24.8. The summed E-state index contributed by atoms with van der Waals surface area (Å²) in [6.45, 7) is 5.48. The first-order chi connectivity index (χ1) is 17.8. The maximum absolute atomic E-state index is 14.7. The van der Waals surface area contributed by atoms with Gasteiger partial charge in [0.15, 0.2) is 11.6 Å². The third-order valence-corrected chi connectivity index (χ3v) is 7.81. The van der Waals surface area contributed by atoms with Gasteiger partial charge in [0.25, 0.3) is 0 Å². The topological polar surface area (TPSA) is 98.7 Å². The van der Waals surface area contributed by atoms with Gasteiger partial charge < -0.3 is 20.8 Å². The summed E-state index contributed by atoms with van der Waals surface area (Å²) in [6.07, 6.45) is -0.0415. The molecule has 2 aliphatic rings. The van der Waals surface area contributed by atoms with Gasteiger partial charge in [-0.3, -0.25) is 9.59 Å². The van der Waals surface area contributed by atoms with Crippen molar-refractivity contribution in [3.63, 3.8) is 0 Å². The molecule has 4 rings (SSSR count). The fourth-order valence-electron chi connectivity index (χ4n) is 5.95. The number of nitrogens with one attached hydrogen (secondary N) is 2. The maximum Gasteiger partial charge on any atom is 0.237 e. The summed E-state index contributed by atoms with van der Waals surface area (Å²) in [5, 5.41) is 24.7. The lowest BCUT2D eigenvalue weighted by Crippen LogP contribution is -2.49. The zero-order chi connectivity index (χ0) is 28.0. The lowest BCUT2D eigenvalue weighted by Gasteiger charge is -2.37. The molecular formula is C28H33Cl2F3N2O4. The summed E-state index contributed by atoms with van der Waals surface area (Å²) in [7, 11) is 0. The highest BCUT2D eigenvalue weighted by molar-refractivity contribution is 6.30. The van der Waals surface area contributed by atoms with Crippen LogP contribution in [0.1, 0.15) is 63.5 Å². The van der Waals surface area contributed by atoms with Crippen LogP contribution < -0.4 is 10.6 Å². The number of benzene rings is 2. The average molecular weight is 589 g/mol. The number of amides is 1. The Bertz CT molecular complexity index is 1260. The lowest BCUT2D eigenvalue weighted by atomic mass is 9.62. The fraction of sp³-hybridized carbons (Fsp3) is 0.500. The van der Waals surface area contributed by atoms with Crippen LogP contribution in [-0.2, 0) is 15.0 Å². The van der Waals surface area contributed by atoms with Gasteiger partial charge in [0.2, 0.25) is 5.91 Å². The summed E-state index contributed by atoms with van der Waals surface area (Å²) >= 11 is 6.13. The van der Waals surface area contributed by atoms with Gasteiger partial charge in [-0.15, -0.1) is 12.4 Å². The van der Waals surface area contributed by atoms with E-state index >= 15 is 0 Å². The third kappa shape index (κ3) is 5.84. The molecule has 0 aliphatic carbocycles. The van der Waals surface area contributed by atoms with Crippen molar-refractivity contribution in [2.45, 2.75) is 76.0 Å². The Labute approximate surface area is 236 Å². The van der Waals surface area contributed by atoms with E-state index < -0.39 is 59.5 Å². The van der Waals surface area contributed by atoms with Crippen LogP contribution in [0.25, 0.3) is 0 Å². The zero-order valence-corrected chi connectivity index (χ0v) is 23.4. The smallest absolute Gasteiger partial charge is 0.237 e. The van der Waals surface area contributed by atoms with Crippen molar-refractivity contribution < 1.29 is 33.0 Å². The van der Waals surface area contributed by atoms with E-state index in [0.717, 1.165) is 18.2 Å². The van der Waals surface area contributed by atoms with Crippen molar-refractivity contribution in [3.8, 4) is 0 Å². The highest BCUT2D eigenvalue weighted by Gasteiger charge is 2.65. The second-order valence-electron chi connectivity index (χ2n) is 11.4. The van der Waals surface area contributed by atoms with E-state index in [0.29, 0.717) is 12.0 Å². The molecule has 0 radical (unpaired) electrons. The number of rotatable bonds is 8. The van der Waals surface area contributed by atoms with Gasteiger partial charge in [0.05, 0.1) is 23.8 Å². The minimum Gasteiger partial charge on any atom is -0.394 e. The highest BCUT2D eigenvalue weighted by Crippen LogP contribution is 2.57.